The molecular weight excluding hydrogens is 206 g/mol. The van der Waals surface area contributed by atoms with Crippen molar-refractivity contribution in [3.63, 3.8) is 0 Å². The molecule has 0 aromatic heterocycles. The molecule has 3 nitrogen and oxygen atoms in total. The van der Waals surface area contributed by atoms with Gasteiger partial charge in [-0.25, -0.2) is 8.78 Å². The summed E-state index contributed by atoms with van der Waals surface area (Å²) >= 11 is 0. The Morgan fingerprint density at radius 3 is 2.40 bits per heavy atom. The average Bonchev–Trinajstić information content (AvgIpc) is 2.17. The predicted molar refractivity (Wildman–Crippen MR) is 47.0 cm³/mol. The van der Waals surface area contributed by atoms with E-state index in [4.69, 9.17) is 9.84 Å². The quantitative estimate of drug-likeness (QED) is 0.764. The molecule has 0 unspecified atom stereocenters. The van der Waals surface area contributed by atoms with E-state index < -0.39 is 23.8 Å². The highest BCUT2D eigenvalue weighted by molar-refractivity contribution is 5.31. The summed E-state index contributed by atoms with van der Waals surface area (Å²) in [5.41, 5.74) is -1.68. The molecule has 0 bridgehead atoms. The molecule has 2 N–H and O–H groups in total. The number of ether oxygens (including phenoxy) is 1. The Bertz CT molecular complexity index is 388. The fourth-order valence-electron chi connectivity index (χ4n) is 1.52. The molecule has 1 aliphatic heterocycles. The van der Waals surface area contributed by atoms with Crippen LogP contribution in [0.5, 0.6) is 0 Å². The lowest BCUT2D eigenvalue weighted by atomic mass is 9.90. The molecule has 1 aromatic rings. The smallest absolute Gasteiger partial charge is 0.139 e. The van der Waals surface area contributed by atoms with Gasteiger partial charge in [-0.05, 0) is 12.1 Å². The van der Waals surface area contributed by atoms with E-state index in [1.165, 1.54) is 0 Å². The average molecular weight is 216 g/mol. The van der Waals surface area contributed by atoms with E-state index in [0.717, 1.165) is 12.1 Å². The number of hydrogen-bond acceptors (Lipinski definition) is 3. The molecule has 0 amide bonds. The highest BCUT2D eigenvalue weighted by Crippen LogP contribution is 2.32. The van der Waals surface area contributed by atoms with Crippen LogP contribution in [-0.2, 0) is 16.9 Å². The SMILES string of the molecule is OCc1cc(F)c(C2(O)COC2)cc1F. The Kier molecular flexibility index (Phi) is 2.46. The summed E-state index contributed by atoms with van der Waals surface area (Å²) in [5.74, 6) is -1.46. The van der Waals surface area contributed by atoms with Crippen LogP contribution in [0.2, 0.25) is 0 Å². The van der Waals surface area contributed by atoms with Gasteiger partial charge in [0.1, 0.15) is 17.2 Å². The van der Waals surface area contributed by atoms with E-state index in [9.17, 15) is 13.9 Å². The largest absolute Gasteiger partial charge is 0.392 e. The van der Waals surface area contributed by atoms with Gasteiger partial charge < -0.3 is 14.9 Å². The molecule has 1 heterocycles. The third kappa shape index (κ3) is 1.62. The number of aliphatic hydroxyl groups is 2. The van der Waals surface area contributed by atoms with Gasteiger partial charge in [-0.2, -0.15) is 0 Å². The van der Waals surface area contributed by atoms with Crippen molar-refractivity contribution in [3.05, 3.63) is 34.9 Å². The molecule has 1 aliphatic rings. The lowest BCUT2D eigenvalue weighted by molar-refractivity contribution is -0.186. The maximum absolute atomic E-state index is 13.4. The Morgan fingerprint density at radius 2 is 1.93 bits per heavy atom. The number of halogens is 2. The second kappa shape index (κ2) is 3.52. The number of aliphatic hydroxyl groups excluding tert-OH is 1. The van der Waals surface area contributed by atoms with Crippen molar-refractivity contribution in [1.29, 1.82) is 0 Å². The topological polar surface area (TPSA) is 49.7 Å². The van der Waals surface area contributed by atoms with Crippen LogP contribution in [0.1, 0.15) is 11.1 Å². The van der Waals surface area contributed by atoms with Gasteiger partial charge >= 0.3 is 0 Å². The molecule has 0 radical (unpaired) electrons. The lowest BCUT2D eigenvalue weighted by Crippen LogP contribution is -2.47. The minimum Gasteiger partial charge on any atom is -0.392 e. The molecule has 0 atom stereocenters. The zero-order valence-corrected chi connectivity index (χ0v) is 7.83. The van der Waals surface area contributed by atoms with Crippen molar-refractivity contribution in [2.75, 3.05) is 13.2 Å². The summed E-state index contributed by atoms with van der Waals surface area (Å²) < 4.78 is 31.4. The third-order valence-electron chi connectivity index (χ3n) is 2.49. The summed E-state index contributed by atoms with van der Waals surface area (Å²) in [6.07, 6.45) is 0. The van der Waals surface area contributed by atoms with Crippen LogP contribution >= 0.6 is 0 Å². The van der Waals surface area contributed by atoms with E-state index in [1.54, 1.807) is 0 Å². The van der Waals surface area contributed by atoms with Crippen LogP contribution in [0, 0.1) is 11.6 Å². The Hall–Kier alpha value is -1.04. The summed E-state index contributed by atoms with van der Waals surface area (Å²) in [5, 5.41) is 18.5. The minimum absolute atomic E-state index is 0.0398. The van der Waals surface area contributed by atoms with E-state index in [-0.39, 0.29) is 24.3 Å². The van der Waals surface area contributed by atoms with E-state index in [1.807, 2.05) is 0 Å². The van der Waals surface area contributed by atoms with Crippen molar-refractivity contribution >= 4 is 0 Å². The van der Waals surface area contributed by atoms with Crippen LogP contribution in [-0.4, -0.2) is 23.4 Å². The summed E-state index contributed by atoms with van der Waals surface area (Å²) in [6.45, 7) is -0.651. The molecule has 0 saturated carbocycles. The van der Waals surface area contributed by atoms with Crippen molar-refractivity contribution in [1.82, 2.24) is 0 Å². The Balaban J connectivity index is 2.45. The van der Waals surface area contributed by atoms with Gasteiger partial charge in [0.25, 0.3) is 0 Å². The van der Waals surface area contributed by atoms with Crippen molar-refractivity contribution in [2.45, 2.75) is 12.2 Å². The van der Waals surface area contributed by atoms with Crippen molar-refractivity contribution in [3.8, 4) is 0 Å². The van der Waals surface area contributed by atoms with Crippen LogP contribution in [0.15, 0.2) is 12.1 Å². The standard InChI is InChI=1S/C10H10F2O3/c11-8-2-7(10(14)4-15-5-10)9(12)1-6(8)3-13/h1-2,13-14H,3-5H2. The van der Waals surface area contributed by atoms with E-state index in [2.05, 4.69) is 0 Å². The molecule has 1 fully saturated rings. The van der Waals surface area contributed by atoms with Crippen LogP contribution < -0.4 is 0 Å². The highest BCUT2D eigenvalue weighted by atomic mass is 19.1. The summed E-state index contributed by atoms with van der Waals surface area (Å²) in [6, 6.07) is 1.80. The first-order valence-electron chi connectivity index (χ1n) is 4.46. The Labute approximate surface area is 84.9 Å². The summed E-state index contributed by atoms with van der Waals surface area (Å²) in [4.78, 5) is 0. The summed E-state index contributed by atoms with van der Waals surface area (Å²) in [7, 11) is 0. The fraction of sp³-hybridized carbons (Fsp3) is 0.400. The second-order valence-corrected chi connectivity index (χ2v) is 3.61. The fourth-order valence-corrected chi connectivity index (χ4v) is 1.52. The maximum Gasteiger partial charge on any atom is 0.139 e. The normalized spacial score (nSPS) is 18.7. The van der Waals surface area contributed by atoms with Crippen LogP contribution in [0.3, 0.4) is 0 Å². The number of benzene rings is 1. The van der Waals surface area contributed by atoms with E-state index >= 15 is 0 Å². The van der Waals surface area contributed by atoms with E-state index in [0.29, 0.717) is 0 Å². The van der Waals surface area contributed by atoms with Gasteiger partial charge in [-0.15, -0.1) is 0 Å². The van der Waals surface area contributed by atoms with Crippen molar-refractivity contribution < 1.29 is 23.7 Å². The zero-order chi connectivity index (χ0) is 11.1. The van der Waals surface area contributed by atoms with Gasteiger partial charge in [-0.3, -0.25) is 0 Å². The van der Waals surface area contributed by atoms with Crippen LogP contribution in [0.25, 0.3) is 0 Å². The molecule has 5 heteroatoms. The number of hydrogen-bond donors (Lipinski definition) is 2. The van der Waals surface area contributed by atoms with Gasteiger partial charge in [0.2, 0.25) is 0 Å². The second-order valence-electron chi connectivity index (χ2n) is 3.61. The Morgan fingerprint density at radius 1 is 1.27 bits per heavy atom. The monoisotopic (exact) mass is 216 g/mol. The van der Waals surface area contributed by atoms with Crippen LogP contribution in [0.4, 0.5) is 8.78 Å². The number of rotatable bonds is 2. The molecule has 15 heavy (non-hydrogen) atoms. The highest BCUT2D eigenvalue weighted by Gasteiger charge is 2.40. The molecule has 82 valence electrons. The lowest BCUT2D eigenvalue weighted by Gasteiger charge is -2.36. The first kappa shape index (κ1) is 10.5. The first-order chi connectivity index (χ1) is 7.07. The molecular formula is C10H10F2O3. The maximum atomic E-state index is 13.4. The molecule has 0 aliphatic carbocycles. The molecule has 2 rings (SSSR count). The molecule has 1 saturated heterocycles. The van der Waals surface area contributed by atoms with Crippen molar-refractivity contribution in [2.24, 2.45) is 0 Å². The predicted octanol–water partition coefficient (Wildman–Crippen LogP) is 0.675. The molecule has 1 aromatic carbocycles. The van der Waals surface area contributed by atoms with Gasteiger partial charge in [0.15, 0.2) is 0 Å². The van der Waals surface area contributed by atoms with Gasteiger partial charge in [0, 0.05) is 11.1 Å². The van der Waals surface area contributed by atoms with Gasteiger partial charge in [0.05, 0.1) is 19.8 Å². The van der Waals surface area contributed by atoms with Gasteiger partial charge in [-0.1, -0.05) is 0 Å². The third-order valence-corrected chi connectivity index (χ3v) is 2.49. The zero-order valence-electron chi connectivity index (χ0n) is 7.83. The first-order valence-corrected chi connectivity index (χ1v) is 4.46. The molecule has 0 spiro atoms. The minimum atomic E-state index is -1.43.